The molecule has 1 atom stereocenters. The molecule has 1 aromatic carbocycles. The Labute approximate surface area is 90.3 Å². The number of methoxy groups -OCH3 is 1. The summed E-state index contributed by atoms with van der Waals surface area (Å²) in [6.45, 7) is 6.11. The summed E-state index contributed by atoms with van der Waals surface area (Å²) < 4.78 is 5.14. The molecule has 15 heavy (non-hydrogen) atoms. The first-order chi connectivity index (χ1) is 7.26. The van der Waals surface area contributed by atoms with Crippen LogP contribution in [0.25, 0.3) is 0 Å². The van der Waals surface area contributed by atoms with Crippen LogP contribution in [0.4, 0.5) is 0 Å². The van der Waals surface area contributed by atoms with Crippen molar-refractivity contribution >= 4 is 6.72 Å². The molecule has 0 amide bonds. The fourth-order valence-electron chi connectivity index (χ4n) is 1.24. The molecule has 2 N–H and O–H groups in total. The maximum absolute atomic E-state index is 5.14. The molecule has 82 valence electrons. The van der Waals surface area contributed by atoms with E-state index in [1.807, 2.05) is 31.2 Å². The van der Waals surface area contributed by atoms with Crippen LogP contribution in [0.5, 0.6) is 5.75 Å². The van der Waals surface area contributed by atoms with Gasteiger partial charge in [-0.15, -0.1) is 0 Å². The van der Waals surface area contributed by atoms with Crippen LogP contribution in [-0.2, 0) is 6.54 Å². The third-order valence-corrected chi connectivity index (χ3v) is 2.03. The molecule has 0 aliphatic heterocycles. The molecule has 0 fully saturated rings. The maximum atomic E-state index is 5.14. The van der Waals surface area contributed by atoms with Crippen LogP contribution in [0.1, 0.15) is 12.5 Å². The highest BCUT2D eigenvalue weighted by Gasteiger charge is 1.99. The van der Waals surface area contributed by atoms with Gasteiger partial charge in [-0.25, -0.2) is 0 Å². The highest BCUT2D eigenvalue weighted by atomic mass is 16.5. The van der Waals surface area contributed by atoms with E-state index in [9.17, 15) is 0 Å². The Bertz CT molecular complexity index is 314. The predicted molar refractivity (Wildman–Crippen MR) is 62.0 cm³/mol. The van der Waals surface area contributed by atoms with Gasteiger partial charge in [0.15, 0.2) is 0 Å². The number of ether oxygens (including phenoxy) is 1. The molecule has 4 nitrogen and oxygen atoms in total. The van der Waals surface area contributed by atoms with Crippen molar-refractivity contribution in [2.75, 3.05) is 7.11 Å². The summed E-state index contributed by atoms with van der Waals surface area (Å²) in [6, 6.07) is 7.95. The van der Waals surface area contributed by atoms with Gasteiger partial charge in [0, 0.05) is 13.3 Å². The van der Waals surface area contributed by atoms with E-state index in [-0.39, 0.29) is 6.17 Å². The lowest BCUT2D eigenvalue weighted by atomic mass is 10.2. The van der Waals surface area contributed by atoms with Gasteiger partial charge in [-0.2, -0.15) is 5.10 Å². The Hall–Kier alpha value is -1.55. The quantitative estimate of drug-likeness (QED) is 0.420. The van der Waals surface area contributed by atoms with Crippen LogP contribution in [0.3, 0.4) is 0 Å². The summed E-state index contributed by atoms with van der Waals surface area (Å²) in [4.78, 5) is 0. The van der Waals surface area contributed by atoms with Gasteiger partial charge in [-0.3, -0.25) is 10.7 Å². The SMILES string of the molecule is C=NNC(C)NCc1cccc(OC)c1. The van der Waals surface area contributed by atoms with Gasteiger partial charge < -0.3 is 4.74 Å². The van der Waals surface area contributed by atoms with Crippen LogP contribution in [0.2, 0.25) is 0 Å². The minimum atomic E-state index is 0.105. The number of hydrazone groups is 1. The van der Waals surface area contributed by atoms with E-state index in [1.54, 1.807) is 7.11 Å². The molecule has 0 aliphatic rings. The number of nitrogens with one attached hydrogen (secondary N) is 2. The van der Waals surface area contributed by atoms with Crippen molar-refractivity contribution in [2.45, 2.75) is 19.6 Å². The number of hydrogen-bond donors (Lipinski definition) is 2. The Kier molecular flexibility index (Phi) is 4.63. The maximum Gasteiger partial charge on any atom is 0.119 e. The summed E-state index contributed by atoms with van der Waals surface area (Å²) in [5.74, 6) is 0.872. The second-order valence-electron chi connectivity index (χ2n) is 3.24. The van der Waals surface area contributed by atoms with Crippen LogP contribution in [0, 0.1) is 0 Å². The molecule has 0 saturated carbocycles. The topological polar surface area (TPSA) is 45.7 Å². The van der Waals surface area contributed by atoms with E-state index in [4.69, 9.17) is 4.74 Å². The van der Waals surface area contributed by atoms with E-state index in [0.29, 0.717) is 0 Å². The van der Waals surface area contributed by atoms with E-state index in [1.165, 1.54) is 5.56 Å². The highest BCUT2D eigenvalue weighted by Crippen LogP contribution is 2.12. The molecule has 1 rings (SSSR count). The predicted octanol–water partition coefficient (Wildman–Crippen LogP) is 1.34. The summed E-state index contributed by atoms with van der Waals surface area (Å²) >= 11 is 0. The zero-order chi connectivity index (χ0) is 11.1. The van der Waals surface area contributed by atoms with E-state index < -0.39 is 0 Å². The molecular formula is C11H17N3O. The molecule has 0 aromatic heterocycles. The van der Waals surface area contributed by atoms with Gasteiger partial charge in [-0.1, -0.05) is 12.1 Å². The van der Waals surface area contributed by atoms with Crippen molar-refractivity contribution in [3.05, 3.63) is 29.8 Å². The van der Waals surface area contributed by atoms with Crippen LogP contribution < -0.4 is 15.5 Å². The molecule has 0 aliphatic carbocycles. The van der Waals surface area contributed by atoms with Gasteiger partial charge in [0.25, 0.3) is 0 Å². The van der Waals surface area contributed by atoms with Crippen molar-refractivity contribution in [3.8, 4) is 5.75 Å². The van der Waals surface area contributed by atoms with Gasteiger partial charge in [-0.05, 0) is 24.6 Å². The summed E-state index contributed by atoms with van der Waals surface area (Å²) in [5.41, 5.74) is 3.99. The normalized spacial score (nSPS) is 11.9. The van der Waals surface area contributed by atoms with Crippen molar-refractivity contribution in [1.82, 2.24) is 10.7 Å². The van der Waals surface area contributed by atoms with E-state index in [0.717, 1.165) is 12.3 Å². The standard InChI is InChI=1S/C11H17N3O/c1-9(14-12-2)13-8-10-5-4-6-11(7-10)15-3/h4-7,9,13-14H,2,8H2,1,3H3. The molecule has 0 spiro atoms. The zero-order valence-electron chi connectivity index (χ0n) is 9.16. The fraction of sp³-hybridized carbons (Fsp3) is 0.364. The lowest BCUT2D eigenvalue weighted by Crippen LogP contribution is -2.35. The lowest BCUT2D eigenvalue weighted by molar-refractivity contribution is 0.413. The minimum Gasteiger partial charge on any atom is -0.497 e. The van der Waals surface area contributed by atoms with E-state index in [2.05, 4.69) is 22.6 Å². The second kappa shape index (κ2) is 6.03. The smallest absolute Gasteiger partial charge is 0.119 e. The summed E-state index contributed by atoms with van der Waals surface area (Å²) in [6.07, 6.45) is 0.105. The third kappa shape index (κ3) is 3.99. The summed E-state index contributed by atoms with van der Waals surface area (Å²) in [5, 5.41) is 6.85. The number of rotatable bonds is 6. The van der Waals surface area contributed by atoms with Crippen molar-refractivity contribution in [2.24, 2.45) is 5.10 Å². The molecule has 0 radical (unpaired) electrons. The van der Waals surface area contributed by atoms with Crippen molar-refractivity contribution in [1.29, 1.82) is 0 Å². The average molecular weight is 207 g/mol. The number of hydrogen-bond acceptors (Lipinski definition) is 4. The van der Waals surface area contributed by atoms with Gasteiger partial charge >= 0.3 is 0 Å². The summed E-state index contributed by atoms with van der Waals surface area (Å²) in [7, 11) is 1.67. The fourth-order valence-corrected chi connectivity index (χ4v) is 1.24. The van der Waals surface area contributed by atoms with Crippen LogP contribution >= 0.6 is 0 Å². The Balaban J connectivity index is 2.46. The average Bonchev–Trinajstić information content (AvgIpc) is 2.27. The first-order valence-electron chi connectivity index (χ1n) is 4.84. The highest BCUT2D eigenvalue weighted by molar-refractivity contribution is 5.28. The second-order valence-corrected chi connectivity index (χ2v) is 3.24. The lowest BCUT2D eigenvalue weighted by Gasteiger charge is -2.13. The molecule has 0 saturated heterocycles. The molecular weight excluding hydrogens is 190 g/mol. The van der Waals surface area contributed by atoms with Crippen LogP contribution in [0.15, 0.2) is 29.4 Å². The Morgan fingerprint density at radius 3 is 3.00 bits per heavy atom. The molecule has 1 unspecified atom stereocenters. The minimum absolute atomic E-state index is 0.105. The third-order valence-electron chi connectivity index (χ3n) is 2.03. The van der Waals surface area contributed by atoms with Crippen molar-refractivity contribution < 1.29 is 4.74 Å². The first-order valence-corrected chi connectivity index (χ1v) is 4.84. The Morgan fingerprint density at radius 1 is 1.53 bits per heavy atom. The van der Waals surface area contributed by atoms with Crippen LogP contribution in [-0.4, -0.2) is 20.0 Å². The Morgan fingerprint density at radius 2 is 2.33 bits per heavy atom. The van der Waals surface area contributed by atoms with Gasteiger partial charge in [0.2, 0.25) is 0 Å². The monoisotopic (exact) mass is 207 g/mol. The van der Waals surface area contributed by atoms with Gasteiger partial charge in [0.05, 0.1) is 13.3 Å². The molecule has 0 bridgehead atoms. The van der Waals surface area contributed by atoms with E-state index >= 15 is 0 Å². The number of benzene rings is 1. The molecule has 4 heteroatoms. The zero-order valence-corrected chi connectivity index (χ0v) is 9.16. The first kappa shape index (κ1) is 11.5. The largest absolute Gasteiger partial charge is 0.497 e. The van der Waals surface area contributed by atoms with Gasteiger partial charge in [0.1, 0.15) is 5.75 Å². The molecule has 1 aromatic rings. The number of nitrogens with zero attached hydrogens (tertiary/aromatic N) is 1. The van der Waals surface area contributed by atoms with Crippen molar-refractivity contribution in [3.63, 3.8) is 0 Å². The molecule has 0 heterocycles.